The number of carbonyl (C=O) groups is 1. The first kappa shape index (κ1) is 17.4. The summed E-state index contributed by atoms with van der Waals surface area (Å²) < 4.78 is 5.87. The molecular weight excluding hydrogens is 352 g/mol. The number of para-hydroxylation sites is 1. The van der Waals surface area contributed by atoms with E-state index in [2.05, 4.69) is 10.3 Å². The molecule has 0 unspecified atom stereocenters. The van der Waals surface area contributed by atoms with Gasteiger partial charge in [0.2, 0.25) is 0 Å². The highest BCUT2D eigenvalue weighted by Crippen LogP contribution is 2.28. The molecule has 1 amide bonds. The summed E-state index contributed by atoms with van der Waals surface area (Å²) in [5.41, 5.74) is 3.81. The Balaban J connectivity index is 1.37. The van der Waals surface area contributed by atoms with Crippen molar-refractivity contribution in [1.29, 1.82) is 0 Å². The van der Waals surface area contributed by atoms with Gasteiger partial charge in [-0.2, -0.15) is 0 Å². The van der Waals surface area contributed by atoms with E-state index in [1.165, 1.54) is 0 Å². The number of piperidine rings is 1. The lowest BCUT2D eigenvalue weighted by Gasteiger charge is -2.28. The summed E-state index contributed by atoms with van der Waals surface area (Å²) in [4.78, 5) is 24.4. The first-order chi connectivity index (χ1) is 13.7. The Labute approximate surface area is 164 Å². The molecule has 0 spiro atoms. The predicted molar refractivity (Wildman–Crippen MR) is 106 cm³/mol. The van der Waals surface area contributed by atoms with Gasteiger partial charge in [-0.1, -0.05) is 18.2 Å². The highest BCUT2D eigenvalue weighted by molar-refractivity contribution is 5.99. The summed E-state index contributed by atoms with van der Waals surface area (Å²) >= 11 is 0. The van der Waals surface area contributed by atoms with Crippen LogP contribution in [0.5, 0.6) is 0 Å². The third-order valence-corrected chi connectivity index (χ3v) is 5.98. The van der Waals surface area contributed by atoms with E-state index >= 15 is 0 Å². The van der Waals surface area contributed by atoms with Crippen LogP contribution in [0.1, 0.15) is 52.0 Å². The standard InChI is InChI=1S/C22H24N4O2/c1-14-17-4-2-3-5-19(17)28-20(14)22(27)26-11-8-18-16(13-26)12-24-21(25-18)15-6-9-23-10-7-15/h2-5,12,15,23H,6-11,13H2,1H3. The van der Waals surface area contributed by atoms with Crippen molar-refractivity contribution in [1.82, 2.24) is 20.2 Å². The minimum absolute atomic E-state index is 0.0539. The van der Waals surface area contributed by atoms with E-state index in [1.807, 2.05) is 42.3 Å². The second kappa shape index (κ2) is 7.02. The smallest absolute Gasteiger partial charge is 0.290 e. The first-order valence-electron chi connectivity index (χ1n) is 10.0. The van der Waals surface area contributed by atoms with Gasteiger partial charge in [0, 0.05) is 48.1 Å². The maximum atomic E-state index is 13.1. The molecule has 1 N–H and O–H groups in total. The van der Waals surface area contributed by atoms with Crippen LogP contribution in [0.4, 0.5) is 0 Å². The SMILES string of the molecule is Cc1c(C(=O)N2CCc3nc(C4CCNCC4)ncc3C2)oc2ccccc12. The van der Waals surface area contributed by atoms with Crippen LogP contribution >= 0.6 is 0 Å². The van der Waals surface area contributed by atoms with E-state index in [0.717, 1.165) is 66.0 Å². The molecular formula is C22H24N4O2. The van der Waals surface area contributed by atoms with Gasteiger partial charge in [0.25, 0.3) is 5.91 Å². The van der Waals surface area contributed by atoms with Gasteiger partial charge in [-0.05, 0) is 38.9 Å². The molecule has 4 heterocycles. The zero-order chi connectivity index (χ0) is 19.1. The molecule has 2 aliphatic heterocycles. The van der Waals surface area contributed by atoms with Crippen LogP contribution in [0, 0.1) is 6.92 Å². The number of furan rings is 1. The number of nitrogens with zero attached hydrogens (tertiary/aromatic N) is 3. The minimum atomic E-state index is -0.0539. The van der Waals surface area contributed by atoms with E-state index in [1.54, 1.807) is 0 Å². The predicted octanol–water partition coefficient (Wildman–Crippen LogP) is 3.20. The Hall–Kier alpha value is -2.73. The Morgan fingerprint density at radius 2 is 2.07 bits per heavy atom. The third-order valence-electron chi connectivity index (χ3n) is 5.98. The zero-order valence-electron chi connectivity index (χ0n) is 16.1. The molecule has 2 aromatic heterocycles. The fourth-order valence-electron chi connectivity index (χ4n) is 4.30. The quantitative estimate of drug-likeness (QED) is 0.744. The molecule has 0 saturated carbocycles. The van der Waals surface area contributed by atoms with Crippen LogP contribution in [-0.4, -0.2) is 40.4 Å². The van der Waals surface area contributed by atoms with Crippen molar-refractivity contribution in [2.24, 2.45) is 0 Å². The zero-order valence-corrected chi connectivity index (χ0v) is 16.1. The molecule has 1 fully saturated rings. The first-order valence-corrected chi connectivity index (χ1v) is 10.0. The normalized spacial score (nSPS) is 17.7. The number of rotatable bonds is 2. The maximum absolute atomic E-state index is 13.1. The lowest BCUT2D eigenvalue weighted by atomic mass is 9.96. The summed E-state index contributed by atoms with van der Waals surface area (Å²) in [5.74, 6) is 1.80. The fourth-order valence-corrected chi connectivity index (χ4v) is 4.30. The van der Waals surface area contributed by atoms with Crippen molar-refractivity contribution in [3.8, 4) is 0 Å². The molecule has 6 heteroatoms. The lowest BCUT2D eigenvalue weighted by Crippen LogP contribution is -2.37. The Morgan fingerprint density at radius 1 is 1.25 bits per heavy atom. The molecule has 3 aromatic rings. The van der Waals surface area contributed by atoms with Crippen LogP contribution in [0.15, 0.2) is 34.9 Å². The molecule has 5 rings (SSSR count). The van der Waals surface area contributed by atoms with Gasteiger partial charge in [-0.3, -0.25) is 4.79 Å². The maximum Gasteiger partial charge on any atom is 0.290 e. The number of benzene rings is 1. The van der Waals surface area contributed by atoms with E-state index in [0.29, 0.717) is 24.8 Å². The van der Waals surface area contributed by atoms with Gasteiger partial charge in [-0.15, -0.1) is 0 Å². The molecule has 0 radical (unpaired) electrons. The van der Waals surface area contributed by atoms with Crippen LogP contribution in [0.2, 0.25) is 0 Å². The lowest BCUT2D eigenvalue weighted by molar-refractivity contribution is 0.0702. The van der Waals surface area contributed by atoms with Gasteiger partial charge in [0.15, 0.2) is 5.76 Å². The van der Waals surface area contributed by atoms with Crippen molar-refractivity contribution >= 4 is 16.9 Å². The summed E-state index contributed by atoms with van der Waals surface area (Å²) in [6, 6.07) is 7.79. The van der Waals surface area contributed by atoms with Gasteiger partial charge in [0.05, 0.1) is 5.69 Å². The van der Waals surface area contributed by atoms with Gasteiger partial charge < -0.3 is 14.6 Å². The summed E-state index contributed by atoms with van der Waals surface area (Å²) in [5, 5.41) is 4.38. The molecule has 0 bridgehead atoms. The highest BCUT2D eigenvalue weighted by atomic mass is 16.3. The second-order valence-electron chi connectivity index (χ2n) is 7.75. The van der Waals surface area contributed by atoms with E-state index < -0.39 is 0 Å². The van der Waals surface area contributed by atoms with Gasteiger partial charge in [0.1, 0.15) is 11.4 Å². The van der Waals surface area contributed by atoms with E-state index in [-0.39, 0.29) is 5.91 Å². The number of hydrogen-bond donors (Lipinski definition) is 1. The number of nitrogens with one attached hydrogen (secondary N) is 1. The van der Waals surface area contributed by atoms with Crippen LogP contribution < -0.4 is 5.32 Å². The molecule has 0 aliphatic carbocycles. The molecule has 1 saturated heterocycles. The van der Waals surface area contributed by atoms with Crippen LogP contribution in [0.3, 0.4) is 0 Å². The van der Waals surface area contributed by atoms with Crippen molar-refractivity contribution in [3.63, 3.8) is 0 Å². The average Bonchev–Trinajstić information content (AvgIpc) is 3.10. The van der Waals surface area contributed by atoms with Crippen molar-refractivity contribution in [2.75, 3.05) is 19.6 Å². The topological polar surface area (TPSA) is 71.3 Å². The molecule has 2 aliphatic rings. The molecule has 144 valence electrons. The van der Waals surface area contributed by atoms with Crippen LogP contribution in [0.25, 0.3) is 11.0 Å². The number of carbonyl (C=O) groups excluding carboxylic acids is 1. The van der Waals surface area contributed by atoms with Crippen molar-refractivity contribution in [2.45, 2.75) is 38.6 Å². The Bertz CT molecular complexity index is 1040. The van der Waals surface area contributed by atoms with Crippen molar-refractivity contribution in [3.05, 3.63) is 58.9 Å². The molecule has 0 atom stereocenters. The number of fused-ring (bicyclic) bond motifs is 2. The fraction of sp³-hybridized carbons (Fsp3) is 0.409. The number of aryl methyl sites for hydroxylation is 1. The van der Waals surface area contributed by atoms with E-state index in [9.17, 15) is 4.79 Å². The monoisotopic (exact) mass is 376 g/mol. The largest absolute Gasteiger partial charge is 0.451 e. The molecule has 6 nitrogen and oxygen atoms in total. The molecule has 28 heavy (non-hydrogen) atoms. The number of aromatic nitrogens is 2. The second-order valence-corrected chi connectivity index (χ2v) is 7.75. The summed E-state index contributed by atoms with van der Waals surface area (Å²) in [6.45, 7) is 5.21. The third kappa shape index (κ3) is 2.98. The van der Waals surface area contributed by atoms with E-state index in [4.69, 9.17) is 9.40 Å². The van der Waals surface area contributed by atoms with Gasteiger partial charge >= 0.3 is 0 Å². The highest BCUT2D eigenvalue weighted by Gasteiger charge is 2.28. The van der Waals surface area contributed by atoms with Crippen LogP contribution in [-0.2, 0) is 13.0 Å². The number of hydrogen-bond acceptors (Lipinski definition) is 5. The summed E-state index contributed by atoms with van der Waals surface area (Å²) in [6.07, 6.45) is 4.87. The number of amides is 1. The van der Waals surface area contributed by atoms with Gasteiger partial charge in [-0.25, -0.2) is 9.97 Å². The Kier molecular flexibility index (Phi) is 4.36. The molecule has 1 aromatic carbocycles. The Morgan fingerprint density at radius 3 is 2.89 bits per heavy atom. The van der Waals surface area contributed by atoms with Crippen molar-refractivity contribution < 1.29 is 9.21 Å². The average molecular weight is 376 g/mol. The minimum Gasteiger partial charge on any atom is -0.451 e. The summed E-state index contributed by atoms with van der Waals surface area (Å²) in [7, 11) is 0.